The highest BCUT2D eigenvalue weighted by molar-refractivity contribution is 5.74. The fourth-order valence-electron chi connectivity index (χ4n) is 1.49. The zero-order valence-electron chi connectivity index (χ0n) is 12.6. The first-order valence-corrected chi connectivity index (χ1v) is 6.89. The van der Waals surface area contributed by atoms with Crippen LogP contribution in [0.5, 0.6) is 0 Å². The number of hydrogen-bond acceptors (Lipinski definition) is 5. The number of carbonyl (C=O) groups is 1. The van der Waals surface area contributed by atoms with E-state index < -0.39 is 0 Å². The number of aliphatic hydroxyl groups is 1. The maximum atomic E-state index is 11.7. The van der Waals surface area contributed by atoms with Crippen LogP contribution < -0.4 is 5.32 Å². The quantitative estimate of drug-likeness (QED) is 0.733. The van der Waals surface area contributed by atoms with Gasteiger partial charge in [0.1, 0.15) is 0 Å². The average molecular weight is 284 g/mol. The van der Waals surface area contributed by atoms with Gasteiger partial charge in [0.15, 0.2) is 5.82 Å². The number of rotatable bonds is 7. The van der Waals surface area contributed by atoms with Crippen LogP contribution in [0.4, 0.5) is 4.79 Å². The molecule has 20 heavy (non-hydrogen) atoms. The second-order valence-electron chi connectivity index (χ2n) is 5.18. The van der Waals surface area contributed by atoms with Crippen molar-refractivity contribution in [2.45, 2.75) is 45.6 Å². The number of carbonyl (C=O) groups excluding carboxylic acids is 1. The molecule has 0 saturated carbocycles. The molecule has 0 aliphatic heterocycles. The second-order valence-corrected chi connectivity index (χ2v) is 5.18. The predicted octanol–water partition coefficient (Wildman–Crippen LogP) is 1.15. The second kappa shape index (κ2) is 7.84. The van der Waals surface area contributed by atoms with E-state index in [4.69, 9.17) is 9.63 Å². The highest BCUT2D eigenvalue weighted by Gasteiger charge is 2.14. The zero-order valence-corrected chi connectivity index (χ0v) is 12.6. The van der Waals surface area contributed by atoms with Gasteiger partial charge < -0.3 is 19.8 Å². The number of nitrogens with zero attached hydrogens (tertiary/aromatic N) is 3. The SMILES string of the molecule is CC(C)c1noc(CCCNC(=O)N(C)C(C)CO)n1. The van der Waals surface area contributed by atoms with E-state index >= 15 is 0 Å². The van der Waals surface area contributed by atoms with E-state index in [1.807, 2.05) is 13.8 Å². The molecule has 0 radical (unpaired) electrons. The Morgan fingerprint density at radius 1 is 1.45 bits per heavy atom. The van der Waals surface area contributed by atoms with E-state index in [2.05, 4.69) is 15.5 Å². The van der Waals surface area contributed by atoms with Crippen molar-refractivity contribution in [1.29, 1.82) is 0 Å². The first kappa shape index (κ1) is 16.4. The van der Waals surface area contributed by atoms with Gasteiger partial charge in [-0.3, -0.25) is 0 Å². The van der Waals surface area contributed by atoms with Gasteiger partial charge in [0.2, 0.25) is 5.89 Å². The lowest BCUT2D eigenvalue weighted by molar-refractivity contribution is 0.157. The van der Waals surface area contributed by atoms with Gasteiger partial charge in [-0.05, 0) is 13.3 Å². The standard InChI is InChI=1S/C13H24N4O3/c1-9(2)12-15-11(20-16-12)6-5-7-14-13(19)17(4)10(3)8-18/h9-10,18H,5-8H2,1-4H3,(H,14,19). The number of aryl methyl sites for hydroxylation is 1. The third-order valence-electron chi connectivity index (χ3n) is 3.09. The van der Waals surface area contributed by atoms with E-state index in [-0.39, 0.29) is 24.6 Å². The topological polar surface area (TPSA) is 91.5 Å². The normalized spacial score (nSPS) is 12.5. The Hall–Kier alpha value is -1.63. The zero-order chi connectivity index (χ0) is 15.1. The molecule has 0 aliphatic rings. The minimum Gasteiger partial charge on any atom is -0.394 e. The molecule has 7 heteroatoms. The molecule has 1 atom stereocenters. The minimum atomic E-state index is -0.195. The maximum absolute atomic E-state index is 11.7. The molecule has 1 aromatic rings. The molecule has 1 aromatic heterocycles. The molecule has 1 rings (SSSR count). The fourth-order valence-corrected chi connectivity index (χ4v) is 1.49. The summed E-state index contributed by atoms with van der Waals surface area (Å²) in [5, 5.41) is 15.6. The first-order chi connectivity index (χ1) is 9.45. The lowest BCUT2D eigenvalue weighted by Crippen LogP contribution is -2.44. The molecule has 0 aliphatic carbocycles. The molecule has 7 nitrogen and oxygen atoms in total. The van der Waals surface area contributed by atoms with Crippen molar-refractivity contribution in [3.05, 3.63) is 11.7 Å². The van der Waals surface area contributed by atoms with Crippen molar-refractivity contribution in [2.24, 2.45) is 0 Å². The predicted molar refractivity (Wildman–Crippen MR) is 74.4 cm³/mol. The summed E-state index contributed by atoms with van der Waals surface area (Å²) in [6.07, 6.45) is 1.37. The minimum absolute atomic E-state index is 0.0517. The maximum Gasteiger partial charge on any atom is 0.317 e. The molecule has 0 bridgehead atoms. The molecule has 2 N–H and O–H groups in total. The van der Waals surface area contributed by atoms with Gasteiger partial charge in [0, 0.05) is 25.9 Å². The number of hydrogen-bond donors (Lipinski definition) is 2. The van der Waals surface area contributed by atoms with Gasteiger partial charge in [0.25, 0.3) is 0 Å². The first-order valence-electron chi connectivity index (χ1n) is 6.89. The van der Waals surface area contributed by atoms with Crippen molar-refractivity contribution in [3.8, 4) is 0 Å². The molecular weight excluding hydrogens is 260 g/mol. The van der Waals surface area contributed by atoms with Gasteiger partial charge in [-0.15, -0.1) is 0 Å². The average Bonchev–Trinajstić information content (AvgIpc) is 2.90. The van der Waals surface area contributed by atoms with Gasteiger partial charge in [-0.2, -0.15) is 4.98 Å². The van der Waals surface area contributed by atoms with E-state index in [0.717, 1.165) is 6.42 Å². The van der Waals surface area contributed by atoms with Crippen LogP contribution >= 0.6 is 0 Å². The van der Waals surface area contributed by atoms with Crippen LogP contribution in [-0.2, 0) is 6.42 Å². The van der Waals surface area contributed by atoms with Crippen LogP contribution in [0.3, 0.4) is 0 Å². The highest BCUT2D eigenvalue weighted by Crippen LogP contribution is 2.10. The number of aliphatic hydroxyl groups excluding tert-OH is 1. The van der Waals surface area contributed by atoms with Crippen molar-refractivity contribution in [2.75, 3.05) is 20.2 Å². The van der Waals surface area contributed by atoms with E-state index in [9.17, 15) is 4.79 Å². The number of likely N-dealkylation sites (N-methyl/N-ethyl adjacent to an activating group) is 1. The van der Waals surface area contributed by atoms with E-state index in [0.29, 0.717) is 24.7 Å². The molecule has 0 aromatic carbocycles. The Labute approximate surface area is 119 Å². The Morgan fingerprint density at radius 2 is 2.15 bits per heavy atom. The summed E-state index contributed by atoms with van der Waals surface area (Å²) in [6, 6.07) is -0.389. The van der Waals surface area contributed by atoms with E-state index in [1.54, 1.807) is 14.0 Å². The summed E-state index contributed by atoms with van der Waals surface area (Å²) in [4.78, 5) is 17.4. The molecule has 1 unspecified atom stereocenters. The summed E-state index contributed by atoms with van der Waals surface area (Å²) in [5.74, 6) is 1.56. The number of aromatic nitrogens is 2. The lowest BCUT2D eigenvalue weighted by atomic mass is 10.2. The third kappa shape index (κ3) is 4.80. The lowest BCUT2D eigenvalue weighted by Gasteiger charge is -2.23. The summed E-state index contributed by atoms with van der Waals surface area (Å²) in [7, 11) is 1.66. The smallest absolute Gasteiger partial charge is 0.317 e. The molecule has 2 amide bonds. The molecular formula is C13H24N4O3. The van der Waals surface area contributed by atoms with Crippen molar-refractivity contribution < 1.29 is 14.4 Å². The van der Waals surface area contributed by atoms with Crippen LogP contribution in [0.25, 0.3) is 0 Å². The monoisotopic (exact) mass is 284 g/mol. The number of amides is 2. The largest absolute Gasteiger partial charge is 0.394 e. The van der Waals surface area contributed by atoms with Crippen LogP contribution in [0.1, 0.15) is 44.8 Å². The van der Waals surface area contributed by atoms with Crippen LogP contribution in [0.2, 0.25) is 0 Å². The molecule has 114 valence electrons. The summed E-state index contributed by atoms with van der Waals surface area (Å²) in [6.45, 7) is 6.27. The van der Waals surface area contributed by atoms with Crippen LogP contribution in [0, 0.1) is 0 Å². The van der Waals surface area contributed by atoms with Crippen molar-refractivity contribution >= 4 is 6.03 Å². The Kier molecular flexibility index (Phi) is 6.44. The summed E-state index contributed by atoms with van der Waals surface area (Å²) >= 11 is 0. The molecule has 1 heterocycles. The molecule has 0 spiro atoms. The van der Waals surface area contributed by atoms with Gasteiger partial charge >= 0.3 is 6.03 Å². The van der Waals surface area contributed by atoms with Crippen molar-refractivity contribution in [3.63, 3.8) is 0 Å². The Balaban J connectivity index is 2.26. The van der Waals surface area contributed by atoms with Gasteiger partial charge in [0.05, 0.1) is 12.6 Å². The van der Waals surface area contributed by atoms with Crippen molar-refractivity contribution in [1.82, 2.24) is 20.4 Å². The summed E-state index contributed by atoms with van der Waals surface area (Å²) < 4.78 is 5.12. The molecule has 0 fully saturated rings. The summed E-state index contributed by atoms with van der Waals surface area (Å²) in [5.41, 5.74) is 0. The van der Waals surface area contributed by atoms with Crippen LogP contribution in [0.15, 0.2) is 4.52 Å². The van der Waals surface area contributed by atoms with Crippen LogP contribution in [-0.4, -0.2) is 52.4 Å². The highest BCUT2D eigenvalue weighted by atomic mass is 16.5. The number of urea groups is 1. The third-order valence-corrected chi connectivity index (χ3v) is 3.09. The van der Waals surface area contributed by atoms with Gasteiger partial charge in [-0.25, -0.2) is 4.79 Å². The van der Waals surface area contributed by atoms with Gasteiger partial charge in [-0.1, -0.05) is 19.0 Å². The molecule has 0 saturated heterocycles. The fraction of sp³-hybridized carbons (Fsp3) is 0.769. The Bertz CT molecular complexity index is 420. The number of nitrogens with one attached hydrogen (secondary N) is 1. The Morgan fingerprint density at radius 3 is 2.70 bits per heavy atom. The van der Waals surface area contributed by atoms with E-state index in [1.165, 1.54) is 4.90 Å².